The molecule has 0 fully saturated rings. The quantitative estimate of drug-likeness (QED) is 0.0892. The summed E-state index contributed by atoms with van der Waals surface area (Å²) in [7, 11) is 0. The van der Waals surface area contributed by atoms with Crippen molar-refractivity contribution in [2.24, 2.45) is 34.0 Å². The Bertz CT molecular complexity index is 696. The summed E-state index contributed by atoms with van der Waals surface area (Å²) in [6, 6.07) is -3.84. The number of carbonyl (C=O) groups is 4. The van der Waals surface area contributed by atoms with Crippen LogP contribution in [0.5, 0.6) is 0 Å². The van der Waals surface area contributed by atoms with Crippen molar-refractivity contribution in [1.29, 1.82) is 0 Å². The predicted molar refractivity (Wildman–Crippen MR) is 126 cm³/mol. The SMILES string of the molecule is CCC(C)C(NC(=O)C(N)CCCN=C(N)N)C(=O)NC(C(=O)NC(C)C(=O)O)C(C)CC. The van der Waals surface area contributed by atoms with Gasteiger partial charge in [0.05, 0.1) is 6.04 Å². The van der Waals surface area contributed by atoms with Gasteiger partial charge >= 0.3 is 5.97 Å². The van der Waals surface area contributed by atoms with Crippen molar-refractivity contribution in [3.05, 3.63) is 0 Å². The number of rotatable bonds is 15. The van der Waals surface area contributed by atoms with E-state index in [9.17, 15) is 19.2 Å². The fourth-order valence-corrected chi connectivity index (χ4v) is 2.92. The molecule has 10 N–H and O–H groups in total. The van der Waals surface area contributed by atoms with Crippen LogP contribution in [0, 0.1) is 11.8 Å². The van der Waals surface area contributed by atoms with E-state index in [0.29, 0.717) is 32.2 Å². The van der Waals surface area contributed by atoms with Gasteiger partial charge in [0.25, 0.3) is 0 Å². The fourth-order valence-electron chi connectivity index (χ4n) is 2.92. The van der Waals surface area contributed by atoms with E-state index in [1.165, 1.54) is 6.92 Å². The van der Waals surface area contributed by atoms with Gasteiger partial charge in [-0.2, -0.15) is 0 Å². The molecule has 6 atom stereocenters. The van der Waals surface area contributed by atoms with Gasteiger partial charge in [0, 0.05) is 6.54 Å². The van der Waals surface area contributed by atoms with Gasteiger partial charge in [-0.15, -0.1) is 0 Å². The van der Waals surface area contributed by atoms with Crippen LogP contribution in [0.2, 0.25) is 0 Å². The van der Waals surface area contributed by atoms with Crippen LogP contribution in [0.3, 0.4) is 0 Å². The number of carboxylic acid groups (broad SMARTS) is 1. The highest BCUT2D eigenvalue weighted by Crippen LogP contribution is 2.13. The molecule has 0 aromatic heterocycles. The lowest BCUT2D eigenvalue weighted by molar-refractivity contribution is -0.142. The molecule has 12 heteroatoms. The topological polar surface area (TPSA) is 215 Å². The highest BCUT2D eigenvalue weighted by atomic mass is 16.4. The minimum Gasteiger partial charge on any atom is -0.480 e. The zero-order chi connectivity index (χ0) is 25.7. The number of carbonyl (C=O) groups excluding carboxylic acids is 3. The summed E-state index contributed by atoms with van der Waals surface area (Å²) in [5, 5.41) is 16.8. The second-order valence-electron chi connectivity index (χ2n) is 8.37. The third-order valence-corrected chi connectivity index (χ3v) is 5.62. The molecule has 0 aromatic carbocycles. The zero-order valence-corrected chi connectivity index (χ0v) is 20.3. The van der Waals surface area contributed by atoms with Gasteiger partial charge in [-0.3, -0.25) is 24.2 Å². The number of guanidine groups is 1. The number of carboxylic acids is 1. The second-order valence-corrected chi connectivity index (χ2v) is 8.37. The van der Waals surface area contributed by atoms with Crippen LogP contribution in [-0.4, -0.2) is 65.5 Å². The van der Waals surface area contributed by atoms with E-state index in [2.05, 4.69) is 20.9 Å². The Morgan fingerprint density at radius 2 is 1.30 bits per heavy atom. The standard InChI is InChI=1S/C21H41N7O5/c1-6-11(3)15(18(30)26-13(5)20(32)33)28-19(31)16(12(4)7-2)27-17(29)14(22)9-8-10-25-21(23)24/h11-16H,6-10,22H2,1-5H3,(H,26,30)(H,27,29)(H,28,31)(H,32,33)(H4,23,24,25). The largest absolute Gasteiger partial charge is 0.480 e. The maximum Gasteiger partial charge on any atom is 0.325 e. The number of hydrogen-bond acceptors (Lipinski definition) is 6. The Kier molecular flexibility index (Phi) is 13.7. The van der Waals surface area contributed by atoms with Crippen molar-refractivity contribution in [1.82, 2.24) is 16.0 Å². The Morgan fingerprint density at radius 3 is 1.73 bits per heavy atom. The molecule has 0 saturated carbocycles. The summed E-state index contributed by atoms with van der Waals surface area (Å²) in [5.74, 6) is -3.35. The zero-order valence-electron chi connectivity index (χ0n) is 20.3. The van der Waals surface area contributed by atoms with Gasteiger partial charge in [0.15, 0.2) is 5.96 Å². The van der Waals surface area contributed by atoms with E-state index in [-0.39, 0.29) is 17.8 Å². The summed E-state index contributed by atoms with van der Waals surface area (Å²) in [6.45, 7) is 8.98. The predicted octanol–water partition coefficient (Wildman–Crippen LogP) is -0.982. The first-order valence-corrected chi connectivity index (χ1v) is 11.3. The molecule has 0 aliphatic carbocycles. The monoisotopic (exact) mass is 471 g/mol. The summed E-state index contributed by atoms with van der Waals surface area (Å²) < 4.78 is 0. The van der Waals surface area contributed by atoms with Crippen LogP contribution in [0.25, 0.3) is 0 Å². The number of hydrogen-bond donors (Lipinski definition) is 7. The number of aliphatic imine (C=N–C) groups is 1. The molecule has 190 valence electrons. The van der Waals surface area contributed by atoms with Crippen LogP contribution >= 0.6 is 0 Å². The normalized spacial score (nSPS) is 16.3. The molecule has 0 bridgehead atoms. The first-order chi connectivity index (χ1) is 15.3. The van der Waals surface area contributed by atoms with Gasteiger partial charge in [0.2, 0.25) is 17.7 Å². The second kappa shape index (κ2) is 15.0. The van der Waals surface area contributed by atoms with Crippen molar-refractivity contribution in [2.45, 2.75) is 84.5 Å². The van der Waals surface area contributed by atoms with E-state index in [1.54, 1.807) is 13.8 Å². The van der Waals surface area contributed by atoms with Crippen molar-refractivity contribution >= 4 is 29.7 Å². The highest BCUT2D eigenvalue weighted by Gasteiger charge is 2.33. The number of amides is 3. The van der Waals surface area contributed by atoms with Crippen LogP contribution in [-0.2, 0) is 19.2 Å². The van der Waals surface area contributed by atoms with Crippen molar-refractivity contribution < 1.29 is 24.3 Å². The number of nitrogens with one attached hydrogen (secondary N) is 3. The van der Waals surface area contributed by atoms with Crippen molar-refractivity contribution in [3.8, 4) is 0 Å². The smallest absolute Gasteiger partial charge is 0.325 e. The molecule has 0 radical (unpaired) electrons. The molecule has 0 aliphatic heterocycles. The molecule has 12 nitrogen and oxygen atoms in total. The van der Waals surface area contributed by atoms with E-state index in [4.69, 9.17) is 22.3 Å². The van der Waals surface area contributed by atoms with E-state index in [1.807, 2.05) is 13.8 Å². The minimum atomic E-state index is -1.18. The van der Waals surface area contributed by atoms with Gasteiger partial charge in [0.1, 0.15) is 18.1 Å². The molecule has 0 aliphatic rings. The Morgan fingerprint density at radius 1 is 0.848 bits per heavy atom. The molecule has 0 saturated heterocycles. The summed E-state index contributed by atoms with van der Waals surface area (Å²) in [6.07, 6.45) is 1.97. The molecule has 0 rings (SSSR count). The molecule has 0 aromatic rings. The average Bonchev–Trinajstić information content (AvgIpc) is 2.76. The first-order valence-electron chi connectivity index (χ1n) is 11.3. The summed E-state index contributed by atoms with van der Waals surface area (Å²) in [5.41, 5.74) is 16.5. The molecular formula is C21H41N7O5. The lowest BCUT2D eigenvalue weighted by Gasteiger charge is -2.29. The van der Waals surface area contributed by atoms with E-state index >= 15 is 0 Å². The van der Waals surface area contributed by atoms with Gasteiger partial charge in [-0.05, 0) is 31.6 Å². The van der Waals surface area contributed by atoms with Gasteiger partial charge < -0.3 is 38.3 Å². The molecule has 0 heterocycles. The fraction of sp³-hybridized carbons (Fsp3) is 0.762. The number of nitrogens with two attached hydrogens (primary N) is 3. The van der Waals surface area contributed by atoms with Crippen molar-refractivity contribution in [2.75, 3.05) is 6.54 Å². The number of aliphatic carboxylic acids is 1. The Hall–Kier alpha value is -2.89. The molecule has 3 amide bonds. The van der Waals surface area contributed by atoms with E-state index in [0.717, 1.165) is 0 Å². The lowest BCUT2D eigenvalue weighted by atomic mass is 9.94. The third-order valence-electron chi connectivity index (χ3n) is 5.62. The van der Waals surface area contributed by atoms with Crippen LogP contribution in [0.15, 0.2) is 4.99 Å². The first kappa shape index (κ1) is 30.1. The molecular weight excluding hydrogens is 430 g/mol. The molecule has 6 unspecified atom stereocenters. The van der Waals surface area contributed by atoms with Crippen LogP contribution < -0.4 is 33.2 Å². The average molecular weight is 472 g/mol. The van der Waals surface area contributed by atoms with Crippen LogP contribution in [0.4, 0.5) is 0 Å². The lowest BCUT2D eigenvalue weighted by Crippen LogP contribution is -2.59. The minimum absolute atomic E-state index is 0.0424. The summed E-state index contributed by atoms with van der Waals surface area (Å²) >= 11 is 0. The maximum absolute atomic E-state index is 13.1. The third kappa shape index (κ3) is 11.0. The van der Waals surface area contributed by atoms with E-state index < -0.39 is 47.9 Å². The number of nitrogens with zero attached hydrogens (tertiary/aromatic N) is 1. The maximum atomic E-state index is 13.1. The van der Waals surface area contributed by atoms with Crippen LogP contribution in [0.1, 0.15) is 60.3 Å². The van der Waals surface area contributed by atoms with Crippen molar-refractivity contribution in [3.63, 3.8) is 0 Å². The Balaban J connectivity index is 5.33. The molecule has 33 heavy (non-hydrogen) atoms. The van der Waals surface area contributed by atoms with Gasteiger partial charge in [-0.1, -0.05) is 40.5 Å². The highest BCUT2D eigenvalue weighted by molar-refractivity contribution is 5.94. The van der Waals surface area contributed by atoms with Gasteiger partial charge in [-0.25, -0.2) is 0 Å². The summed E-state index contributed by atoms with van der Waals surface area (Å²) in [4.78, 5) is 53.3. The molecule has 0 spiro atoms. The Labute approximate surface area is 195 Å².